The van der Waals surface area contributed by atoms with Gasteiger partial charge in [-0.3, -0.25) is 4.79 Å². The van der Waals surface area contributed by atoms with Gasteiger partial charge in [0.05, 0.1) is 13.0 Å². The maximum absolute atomic E-state index is 12.2. The minimum Gasteiger partial charge on any atom is -0.497 e. The first-order valence-corrected chi connectivity index (χ1v) is 7.35. The van der Waals surface area contributed by atoms with Crippen molar-refractivity contribution in [2.45, 2.75) is 31.2 Å². The van der Waals surface area contributed by atoms with Gasteiger partial charge in [0, 0.05) is 18.5 Å². The molecule has 1 saturated heterocycles. The number of amides is 1. The number of methoxy groups -OCH3 is 1. The lowest BCUT2D eigenvalue weighted by molar-refractivity contribution is -0.240. The number of fused-ring (bicyclic) bond motifs is 4. The highest BCUT2D eigenvalue weighted by atomic mass is 16.6. The van der Waals surface area contributed by atoms with E-state index in [0.717, 1.165) is 5.56 Å². The van der Waals surface area contributed by atoms with Gasteiger partial charge in [-0.15, -0.1) is 0 Å². The van der Waals surface area contributed by atoms with Crippen molar-refractivity contribution in [3.63, 3.8) is 0 Å². The Morgan fingerprint density at radius 1 is 1.50 bits per heavy atom. The normalized spacial score (nSPS) is 33.2. The molecule has 1 fully saturated rings. The van der Waals surface area contributed by atoms with Gasteiger partial charge in [0.15, 0.2) is 6.29 Å². The Balaban J connectivity index is 2.09. The van der Waals surface area contributed by atoms with E-state index in [1.165, 1.54) is 0 Å². The Hall–Kier alpha value is -1.79. The van der Waals surface area contributed by atoms with Gasteiger partial charge in [0.1, 0.15) is 23.7 Å². The van der Waals surface area contributed by atoms with Crippen LogP contribution in [0, 0.1) is 5.92 Å². The molecule has 2 aliphatic heterocycles. The molecule has 2 bridgehead atoms. The summed E-state index contributed by atoms with van der Waals surface area (Å²) in [7, 11) is 3.15. The molecule has 0 aliphatic carbocycles. The highest BCUT2D eigenvalue weighted by Gasteiger charge is 2.50. The van der Waals surface area contributed by atoms with Crippen LogP contribution in [0.2, 0.25) is 0 Å². The predicted octanol–water partition coefficient (Wildman–Crippen LogP) is 1.03. The molecule has 22 heavy (non-hydrogen) atoms. The Bertz CT molecular complexity index is 590. The third-order valence-corrected chi connectivity index (χ3v) is 4.50. The fourth-order valence-electron chi connectivity index (χ4n) is 3.38. The van der Waals surface area contributed by atoms with Crippen LogP contribution in [0.15, 0.2) is 18.2 Å². The van der Waals surface area contributed by atoms with Gasteiger partial charge in [-0.25, -0.2) is 0 Å². The van der Waals surface area contributed by atoms with Crippen LogP contribution in [0.1, 0.15) is 24.8 Å². The molecule has 1 aromatic rings. The maximum atomic E-state index is 12.2. The van der Waals surface area contributed by atoms with Gasteiger partial charge in [-0.05, 0) is 31.5 Å². The average Bonchev–Trinajstić information content (AvgIpc) is 2.62. The van der Waals surface area contributed by atoms with E-state index in [9.17, 15) is 9.90 Å². The molecule has 2 unspecified atom stereocenters. The second-order valence-electron chi connectivity index (χ2n) is 6.10. The van der Waals surface area contributed by atoms with Crippen LogP contribution in [-0.2, 0) is 9.53 Å². The second kappa shape index (κ2) is 5.44. The second-order valence-corrected chi connectivity index (χ2v) is 6.10. The Morgan fingerprint density at radius 3 is 2.95 bits per heavy atom. The molecule has 6 nitrogen and oxygen atoms in total. The number of carbonyl (C=O) groups excluding carboxylic acids is 1. The van der Waals surface area contributed by atoms with E-state index >= 15 is 0 Å². The molecular formula is C16H21NO5. The van der Waals surface area contributed by atoms with Gasteiger partial charge >= 0.3 is 0 Å². The zero-order valence-electron chi connectivity index (χ0n) is 13.0. The first-order chi connectivity index (χ1) is 10.5. The van der Waals surface area contributed by atoms with Crippen LogP contribution in [0.5, 0.6) is 11.5 Å². The predicted molar refractivity (Wildman–Crippen MR) is 78.9 cm³/mol. The van der Waals surface area contributed by atoms with Crippen molar-refractivity contribution in [3.05, 3.63) is 23.8 Å². The van der Waals surface area contributed by atoms with Crippen molar-refractivity contribution in [2.75, 3.05) is 20.8 Å². The van der Waals surface area contributed by atoms with E-state index in [1.807, 2.05) is 25.1 Å². The summed E-state index contributed by atoms with van der Waals surface area (Å²) in [6, 6.07) is 5.54. The lowest BCUT2D eigenvalue weighted by Gasteiger charge is -2.42. The largest absolute Gasteiger partial charge is 0.497 e. The molecule has 0 radical (unpaired) electrons. The van der Waals surface area contributed by atoms with Crippen molar-refractivity contribution < 1.29 is 24.1 Å². The SMILES string of the molecule is CNC(=O)C1C(O)O[C@]2(C)COc3ccc(OC)cc3[C@H]1C2. The molecule has 1 amide bonds. The van der Waals surface area contributed by atoms with Gasteiger partial charge in [0.2, 0.25) is 5.91 Å². The lowest BCUT2D eigenvalue weighted by atomic mass is 9.75. The van der Waals surface area contributed by atoms with E-state index in [0.29, 0.717) is 24.5 Å². The Morgan fingerprint density at radius 2 is 2.27 bits per heavy atom. The molecule has 0 aromatic heterocycles. The molecule has 2 heterocycles. The molecule has 4 atom stereocenters. The number of aliphatic hydroxyl groups excluding tert-OH is 1. The molecule has 2 N–H and O–H groups in total. The third-order valence-electron chi connectivity index (χ3n) is 4.50. The van der Waals surface area contributed by atoms with Crippen LogP contribution < -0.4 is 14.8 Å². The molecule has 0 saturated carbocycles. The summed E-state index contributed by atoms with van der Waals surface area (Å²) < 4.78 is 16.8. The number of carbonyl (C=O) groups is 1. The van der Waals surface area contributed by atoms with Crippen LogP contribution >= 0.6 is 0 Å². The maximum Gasteiger partial charge on any atom is 0.228 e. The van der Waals surface area contributed by atoms with Crippen LogP contribution in [0.4, 0.5) is 0 Å². The summed E-state index contributed by atoms with van der Waals surface area (Å²) >= 11 is 0. The highest BCUT2D eigenvalue weighted by Crippen LogP contribution is 2.48. The fourth-order valence-corrected chi connectivity index (χ4v) is 3.38. The summed E-state index contributed by atoms with van der Waals surface area (Å²) in [6.07, 6.45) is -0.563. The van der Waals surface area contributed by atoms with E-state index in [1.54, 1.807) is 14.2 Å². The molecule has 0 spiro atoms. The third kappa shape index (κ3) is 2.42. The number of hydrogen-bond donors (Lipinski definition) is 2. The molecule has 2 aliphatic rings. The van der Waals surface area contributed by atoms with E-state index in [2.05, 4.69) is 5.32 Å². The summed E-state index contributed by atoms with van der Waals surface area (Å²) in [5.41, 5.74) is 0.250. The van der Waals surface area contributed by atoms with Crippen molar-refractivity contribution in [1.29, 1.82) is 0 Å². The molecule has 120 valence electrons. The molecule has 6 heteroatoms. The zero-order valence-corrected chi connectivity index (χ0v) is 13.0. The molecule has 3 rings (SSSR count). The summed E-state index contributed by atoms with van der Waals surface area (Å²) in [5, 5.41) is 13.0. The molecular weight excluding hydrogens is 286 g/mol. The Kier molecular flexibility index (Phi) is 3.74. The number of nitrogens with one attached hydrogen (secondary N) is 1. The number of hydrogen-bond acceptors (Lipinski definition) is 5. The zero-order chi connectivity index (χ0) is 15.9. The first kappa shape index (κ1) is 15.1. The van der Waals surface area contributed by atoms with Gasteiger partial charge in [0.25, 0.3) is 0 Å². The topological polar surface area (TPSA) is 77.0 Å². The van der Waals surface area contributed by atoms with Crippen LogP contribution in [0.3, 0.4) is 0 Å². The standard InChI is InChI=1S/C16H21NO5/c1-16-7-11(13(14(18)17-2)15(19)22-16)10-6-9(20-3)4-5-12(10)21-8-16/h4-6,11,13,15,19H,7-8H2,1-3H3,(H,17,18)/t11-,13?,15?,16+/m1/s1. The van der Waals surface area contributed by atoms with Gasteiger partial charge in [-0.2, -0.15) is 0 Å². The lowest BCUT2D eigenvalue weighted by Crippen LogP contribution is -2.52. The van der Waals surface area contributed by atoms with Crippen molar-refractivity contribution in [2.24, 2.45) is 5.92 Å². The summed E-state index contributed by atoms with van der Waals surface area (Å²) in [5.74, 6) is 0.297. The minimum absolute atomic E-state index is 0.193. The van der Waals surface area contributed by atoms with E-state index in [4.69, 9.17) is 14.2 Å². The summed E-state index contributed by atoms with van der Waals surface area (Å²) in [4.78, 5) is 12.2. The monoisotopic (exact) mass is 307 g/mol. The van der Waals surface area contributed by atoms with E-state index < -0.39 is 17.8 Å². The van der Waals surface area contributed by atoms with Crippen molar-refractivity contribution in [3.8, 4) is 11.5 Å². The van der Waals surface area contributed by atoms with Crippen molar-refractivity contribution in [1.82, 2.24) is 5.32 Å². The fraction of sp³-hybridized carbons (Fsp3) is 0.562. The smallest absolute Gasteiger partial charge is 0.228 e. The van der Waals surface area contributed by atoms with Gasteiger partial charge in [-0.1, -0.05) is 0 Å². The molecule has 1 aromatic carbocycles. The van der Waals surface area contributed by atoms with Crippen LogP contribution in [-0.4, -0.2) is 43.7 Å². The summed E-state index contributed by atoms with van der Waals surface area (Å²) in [6.45, 7) is 2.23. The quantitative estimate of drug-likeness (QED) is 0.853. The number of aliphatic hydroxyl groups is 1. The first-order valence-electron chi connectivity index (χ1n) is 7.35. The highest BCUT2D eigenvalue weighted by molar-refractivity contribution is 5.80. The minimum atomic E-state index is -1.16. The number of benzene rings is 1. The Labute approximate surface area is 129 Å². The number of ether oxygens (including phenoxy) is 3. The van der Waals surface area contributed by atoms with E-state index in [-0.39, 0.29) is 11.8 Å². The number of rotatable bonds is 2. The van der Waals surface area contributed by atoms with Crippen molar-refractivity contribution >= 4 is 5.91 Å². The van der Waals surface area contributed by atoms with Gasteiger partial charge < -0.3 is 24.6 Å². The average molecular weight is 307 g/mol. The van der Waals surface area contributed by atoms with Crippen LogP contribution in [0.25, 0.3) is 0 Å².